The van der Waals surface area contributed by atoms with Crippen molar-refractivity contribution in [2.75, 3.05) is 0 Å². The second-order valence-corrected chi connectivity index (χ2v) is 5.19. The minimum Gasteiger partial charge on any atom is -0.467 e. The van der Waals surface area contributed by atoms with Crippen molar-refractivity contribution in [2.24, 2.45) is 0 Å². The molecule has 1 aromatic rings. The summed E-state index contributed by atoms with van der Waals surface area (Å²) in [7, 11) is 0. The summed E-state index contributed by atoms with van der Waals surface area (Å²) in [5.41, 5.74) is 0. The summed E-state index contributed by atoms with van der Waals surface area (Å²) in [5, 5.41) is 18.9. The topological polar surface area (TPSA) is 53.6 Å². The number of rotatable bonds is 3. The molecular weight excluding hydrogens is 250 g/mol. The number of alkyl halides is 3. The zero-order valence-electron chi connectivity index (χ0n) is 7.03. The predicted octanol–water partition coefficient (Wildman–Crippen LogP) is 2.43. The highest BCUT2D eigenvalue weighted by Crippen LogP contribution is 2.34. The van der Waals surface area contributed by atoms with Crippen LogP contribution in [0.4, 0.5) is 0 Å². The molecule has 80 valence electrons. The molecule has 0 amide bonds. The van der Waals surface area contributed by atoms with E-state index in [1.165, 1.54) is 6.26 Å². The molecule has 14 heavy (non-hydrogen) atoms. The molecule has 0 spiro atoms. The van der Waals surface area contributed by atoms with Crippen LogP contribution in [0.1, 0.15) is 18.3 Å². The van der Waals surface area contributed by atoms with Gasteiger partial charge in [0.1, 0.15) is 18.0 Å². The fourth-order valence-electron chi connectivity index (χ4n) is 0.942. The van der Waals surface area contributed by atoms with Crippen LogP contribution in [0.5, 0.6) is 0 Å². The Morgan fingerprint density at radius 2 is 2.00 bits per heavy atom. The van der Waals surface area contributed by atoms with Crippen LogP contribution in [-0.4, -0.2) is 20.1 Å². The number of furan rings is 1. The molecule has 0 radical (unpaired) electrons. The van der Waals surface area contributed by atoms with Crippen LogP contribution in [0.3, 0.4) is 0 Å². The molecule has 1 heterocycles. The zero-order valence-corrected chi connectivity index (χ0v) is 9.30. The van der Waals surface area contributed by atoms with Crippen LogP contribution in [0.15, 0.2) is 22.8 Å². The quantitative estimate of drug-likeness (QED) is 0.820. The van der Waals surface area contributed by atoms with E-state index in [0.29, 0.717) is 5.76 Å². The van der Waals surface area contributed by atoms with Crippen LogP contribution < -0.4 is 0 Å². The molecule has 0 unspecified atom stereocenters. The first kappa shape index (κ1) is 12.1. The van der Waals surface area contributed by atoms with E-state index in [-0.39, 0.29) is 6.42 Å². The molecule has 2 atom stereocenters. The Hall–Kier alpha value is 0.0700. The fraction of sp³-hybridized carbons (Fsp3) is 0.500. The monoisotopic (exact) mass is 258 g/mol. The Bertz CT molecular complexity index is 268. The van der Waals surface area contributed by atoms with Gasteiger partial charge in [0.25, 0.3) is 0 Å². The highest BCUT2D eigenvalue weighted by atomic mass is 35.6. The third-order valence-corrected chi connectivity index (χ3v) is 2.45. The second-order valence-electron chi connectivity index (χ2n) is 2.82. The highest BCUT2D eigenvalue weighted by molar-refractivity contribution is 6.68. The van der Waals surface area contributed by atoms with Crippen molar-refractivity contribution in [3.8, 4) is 0 Å². The van der Waals surface area contributed by atoms with Gasteiger partial charge in [0.05, 0.1) is 6.26 Å². The molecule has 0 bridgehead atoms. The molecule has 2 N–H and O–H groups in total. The number of hydrogen-bond acceptors (Lipinski definition) is 3. The first-order valence-electron chi connectivity index (χ1n) is 3.87. The molecule has 0 saturated carbocycles. The summed E-state index contributed by atoms with van der Waals surface area (Å²) < 4.78 is 3.12. The zero-order chi connectivity index (χ0) is 10.8. The first-order chi connectivity index (χ1) is 6.41. The van der Waals surface area contributed by atoms with Crippen molar-refractivity contribution in [1.29, 1.82) is 0 Å². The number of aliphatic hydroxyl groups is 2. The molecule has 0 saturated heterocycles. The van der Waals surface area contributed by atoms with E-state index in [4.69, 9.17) is 39.2 Å². The molecule has 0 aromatic carbocycles. The van der Waals surface area contributed by atoms with Crippen LogP contribution >= 0.6 is 34.8 Å². The van der Waals surface area contributed by atoms with E-state index < -0.39 is 16.0 Å². The number of aliphatic hydroxyl groups excluding tert-OH is 2. The van der Waals surface area contributed by atoms with Gasteiger partial charge in [0.2, 0.25) is 3.79 Å². The van der Waals surface area contributed by atoms with Gasteiger partial charge < -0.3 is 14.6 Å². The van der Waals surface area contributed by atoms with Crippen molar-refractivity contribution in [3.63, 3.8) is 0 Å². The summed E-state index contributed by atoms with van der Waals surface area (Å²) in [6.45, 7) is 0. The third kappa shape index (κ3) is 3.33. The van der Waals surface area contributed by atoms with Crippen LogP contribution in [0.2, 0.25) is 0 Å². The van der Waals surface area contributed by atoms with Crippen molar-refractivity contribution < 1.29 is 14.6 Å². The minimum absolute atomic E-state index is 0.0932. The summed E-state index contributed by atoms with van der Waals surface area (Å²) in [6.07, 6.45) is -0.896. The summed E-state index contributed by atoms with van der Waals surface area (Å²) in [5.74, 6) is 0.332. The second kappa shape index (κ2) is 4.73. The molecule has 1 rings (SSSR count). The largest absolute Gasteiger partial charge is 0.467 e. The highest BCUT2D eigenvalue weighted by Gasteiger charge is 2.33. The maximum Gasteiger partial charge on any atom is 0.216 e. The average Bonchev–Trinajstić information content (AvgIpc) is 2.53. The van der Waals surface area contributed by atoms with E-state index in [9.17, 15) is 10.2 Å². The van der Waals surface area contributed by atoms with Gasteiger partial charge in [-0.25, -0.2) is 0 Å². The molecule has 0 aliphatic heterocycles. The fourth-order valence-corrected chi connectivity index (χ4v) is 1.21. The van der Waals surface area contributed by atoms with Gasteiger partial charge in [-0.15, -0.1) is 0 Å². The van der Waals surface area contributed by atoms with E-state index in [2.05, 4.69) is 0 Å². The summed E-state index contributed by atoms with van der Waals surface area (Å²) >= 11 is 16.3. The SMILES string of the molecule is O[C@H](C[C@@H](O)C(Cl)(Cl)Cl)c1ccco1. The maximum absolute atomic E-state index is 9.51. The lowest BCUT2D eigenvalue weighted by atomic mass is 10.1. The van der Waals surface area contributed by atoms with Crippen molar-refractivity contribution in [2.45, 2.75) is 22.4 Å². The van der Waals surface area contributed by atoms with Gasteiger partial charge in [-0.3, -0.25) is 0 Å². The molecule has 0 fully saturated rings. The van der Waals surface area contributed by atoms with Crippen LogP contribution in [-0.2, 0) is 0 Å². The van der Waals surface area contributed by atoms with Crippen molar-refractivity contribution in [1.82, 2.24) is 0 Å². The van der Waals surface area contributed by atoms with Gasteiger partial charge in [-0.05, 0) is 12.1 Å². The molecule has 3 nitrogen and oxygen atoms in total. The normalized spacial score (nSPS) is 16.6. The Morgan fingerprint density at radius 1 is 1.36 bits per heavy atom. The van der Waals surface area contributed by atoms with Gasteiger partial charge in [0, 0.05) is 6.42 Å². The number of hydrogen-bond donors (Lipinski definition) is 2. The molecule has 1 aromatic heterocycles. The van der Waals surface area contributed by atoms with Crippen LogP contribution in [0.25, 0.3) is 0 Å². The Labute approximate surface area is 96.2 Å². The average molecular weight is 260 g/mol. The van der Waals surface area contributed by atoms with Crippen molar-refractivity contribution >= 4 is 34.8 Å². The standard InChI is InChI=1S/C8H9Cl3O3/c9-8(10,11)7(13)4-5(12)6-2-1-3-14-6/h1-3,5,7,12-13H,4H2/t5-,7-/m1/s1. The molecule has 0 aliphatic carbocycles. The van der Waals surface area contributed by atoms with Gasteiger partial charge in [0.15, 0.2) is 0 Å². The minimum atomic E-state index is -1.80. The Morgan fingerprint density at radius 3 is 2.43 bits per heavy atom. The molecule has 0 aliphatic rings. The van der Waals surface area contributed by atoms with E-state index in [1.54, 1.807) is 12.1 Å². The third-order valence-electron chi connectivity index (χ3n) is 1.70. The Kier molecular flexibility index (Phi) is 4.10. The smallest absolute Gasteiger partial charge is 0.216 e. The van der Waals surface area contributed by atoms with E-state index in [0.717, 1.165) is 0 Å². The molecule has 6 heteroatoms. The van der Waals surface area contributed by atoms with Gasteiger partial charge >= 0.3 is 0 Å². The predicted molar refractivity (Wildman–Crippen MR) is 54.6 cm³/mol. The van der Waals surface area contributed by atoms with Crippen molar-refractivity contribution in [3.05, 3.63) is 24.2 Å². The Balaban J connectivity index is 2.53. The lowest BCUT2D eigenvalue weighted by Crippen LogP contribution is -2.27. The number of halogens is 3. The van der Waals surface area contributed by atoms with Gasteiger partial charge in [-0.2, -0.15) is 0 Å². The first-order valence-corrected chi connectivity index (χ1v) is 5.01. The summed E-state index contributed by atoms with van der Waals surface area (Å²) in [4.78, 5) is 0. The lowest BCUT2D eigenvalue weighted by Gasteiger charge is -2.20. The van der Waals surface area contributed by atoms with Crippen LogP contribution in [0, 0.1) is 0 Å². The maximum atomic E-state index is 9.51. The molecular formula is C8H9Cl3O3. The summed E-state index contributed by atoms with van der Waals surface area (Å²) in [6, 6.07) is 3.20. The lowest BCUT2D eigenvalue weighted by molar-refractivity contribution is 0.0693. The van der Waals surface area contributed by atoms with E-state index in [1.807, 2.05) is 0 Å². The van der Waals surface area contributed by atoms with E-state index >= 15 is 0 Å². The van der Waals surface area contributed by atoms with Gasteiger partial charge in [-0.1, -0.05) is 34.8 Å².